The number of para-hydroxylation sites is 1. The molecule has 0 saturated carbocycles. The minimum Gasteiger partial charge on any atom is -0.493 e. The predicted octanol–water partition coefficient (Wildman–Crippen LogP) is 5.24. The van der Waals surface area contributed by atoms with E-state index in [0.29, 0.717) is 28.6 Å². The van der Waals surface area contributed by atoms with Crippen LogP contribution in [0.15, 0.2) is 69.5 Å². The summed E-state index contributed by atoms with van der Waals surface area (Å²) in [4.78, 5) is 12.5. The van der Waals surface area contributed by atoms with E-state index in [1.807, 2.05) is 31.2 Å². The van der Waals surface area contributed by atoms with Crippen LogP contribution in [0.1, 0.15) is 35.0 Å². The zero-order valence-corrected chi connectivity index (χ0v) is 16.5. The summed E-state index contributed by atoms with van der Waals surface area (Å²) in [6.07, 6.45) is 0. The molecule has 4 rings (SSSR count). The van der Waals surface area contributed by atoms with Gasteiger partial charge >= 0.3 is 0 Å². The van der Waals surface area contributed by atoms with Crippen LogP contribution < -0.4 is 14.8 Å². The van der Waals surface area contributed by atoms with Gasteiger partial charge in [-0.1, -0.05) is 12.1 Å². The Kier molecular flexibility index (Phi) is 5.43. The number of methoxy groups -OCH3 is 1. The molecule has 2 heterocycles. The quantitative estimate of drug-likeness (QED) is 0.452. The molecule has 4 aromatic rings. The Morgan fingerprint density at radius 3 is 2.67 bits per heavy atom. The maximum Gasteiger partial charge on any atom is 0.287 e. The van der Waals surface area contributed by atoms with Gasteiger partial charge in [-0.15, -0.1) is 0 Å². The first-order valence-electron chi connectivity index (χ1n) is 9.38. The third kappa shape index (κ3) is 4.15. The van der Waals surface area contributed by atoms with Crippen molar-refractivity contribution < 1.29 is 27.5 Å². The Morgan fingerprint density at radius 1 is 1.10 bits per heavy atom. The number of amides is 1. The van der Waals surface area contributed by atoms with Crippen LogP contribution in [-0.4, -0.2) is 13.0 Å². The van der Waals surface area contributed by atoms with Crippen molar-refractivity contribution in [2.45, 2.75) is 19.6 Å². The van der Waals surface area contributed by atoms with Crippen LogP contribution in [0.2, 0.25) is 0 Å². The first kappa shape index (κ1) is 19.6. The summed E-state index contributed by atoms with van der Waals surface area (Å²) >= 11 is 0. The van der Waals surface area contributed by atoms with Crippen molar-refractivity contribution >= 4 is 16.9 Å². The number of benzene rings is 2. The largest absolute Gasteiger partial charge is 0.493 e. The fourth-order valence-electron chi connectivity index (χ4n) is 3.03. The van der Waals surface area contributed by atoms with Gasteiger partial charge in [-0.05, 0) is 55.5 Å². The Hall–Kier alpha value is -3.74. The first-order chi connectivity index (χ1) is 14.5. The summed E-state index contributed by atoms with van der Waals surface area (Å²) in [5, 5.41) is 3.75. The third-order valence-corrected chi connectivity index (χ3v) is 4.60. The smallest absolute Gasteiger partial charge is 0.287 e. The molecular formula is C23H20FNO5. The number of hydrogen-bond acceptors (Lipinski definition) is 5. The summed E-state index contributed by atoms with van der Waals surface area (Å²) in [5.74, 6) is 1.68. The fourth-order valence-corrected chi connectivity index (χ4v) is 3.03. The number of ether oxygens (including phenoxy) is 2. The molecule has 1 N–H and O–H groups in total. The molecule has 1 amide bonds. The average molecular weight is 409 g/mol. The Labute approximate surface area is 172 Å². The van der Waals surface area contributed by atoms with E-state index >= 15 is 0 Å². The van der Waals surface area contributed by atoms with Crippen molar-refractivity contribution in [3.8, 4) is 11.5 Å². The Bertz CT molecular complexity index is 1160. The standard InChI is InChI=1S/C23H20FNO5/c1-14(21-12-15-4-3-5-19(27-2)22(15)30-21)25-23(26)20-11-10-18(29-20)13-28-17-8-6-16(24)7-9-17/h3-12,14H,13H2,1-2H3,(H,25,26). The minimum atomic E-state index is -0.376. The van der Waals surface area contributed by atoms with Gasteiger partial charge in [0.25, 0.3) is 5.91 Å². The van der Waals surface area contributed by atoms with Crippen LogP contribution in [0.25, 0.3) is 11.0 Å². The molecule has 2 aromatic heterocycles. The average Bonchev–Trinajstić information content (AvgIpc) is 3.40. The fraction of sp³-hybridized carbons (Fsp3) is 0.174. The predicted molar refractivity (Wildman–Crippen MR) is 108 cm³/mol. The lowest BCUT2D eigenvalue weighted by atomic mass is 10.2. The van der Waals surface area contributed by atoms with Crippen molar-refractivity contribution in [3.63, 3.8) is 0 Å². The first-order valence-corrected chi connectivity index (χ1v) is 9.38. The number of carbonyl (C=O) groups excluding carboxylic acids is 1. The molecule has 154 valence electrons. The summed E-state index contributed by atoms with van der Waals surface area (Å²) < 4.78 is 35.2. The van der Waals surface area contributed by atoms with Gasteiger partial charge in [0.05, 0.1) is 13.2 Å². The van der Waals surface area contributed by atoms with Crippen LogP contribution in [0.5, 0.6) is 11.5 Å². The zero-order valence-electron chi connectivity index (χ0n) is 16.5. The van der Waals surface area contributed by atoms with Crippen molar-refractivity contribution in [2.75, 3.05) is 7.11 Å². The van der Waals surface area contributed by atoms with Crippen molar-refractivity contribution in [2.24, 2.45) is 0 Å². The molecule has 0 saturated heterocycles. The maximum absolute atomic E-state index is 12.9. The second-order valence-electron chi connectivity index (χ2n) is 6.73. The highest BCUT2D eigenvalue weighted by atomic mass is 19.1. The van der Waals surface area contributed by atoms with Crippen LogP contribution in [-0.2, 0) is 6.61 Å². The number of halogens is 1. The van der Waals surface area contributed by atoms with Gasteiger partial charge in [0.2, 0.25) is 0 Å². The molecule has 0 aliphatic heterocycles. The zero-order chi connectivity index (χ0) is 21.1. The monoisotopic (exact) mass is 409 g/mol. The van der Waals surface area contributed by atoms with E-state index in [2.05, 4.69) is 5.32 Å². The second-order valence-corrected chi connectivity index (χ2v) is 6.73. The van der Waals surface area contributed by atoms with Crippen LogP contribution in [0.4, 0.5) is 4.39 Å². The molecule has 0 aliphatic carbocycles. The molecule has 0 radical (unpaired) electrons. The molecular weight excluding hydrogens is 389 g/mol. The minimum absolute atomic E-state index is 0.123. The lowest BCUT2D eigenvalue weighted by Gasteiger charge is -2.10. The molecule has 0 aliphatic rings. The van der Waals surface area contributed by atoms with Crippen molar-refractivity contribution in [1.29, 1.82) is 0 Å². The molecule has 2 aromatic carbocycles. The van der Waals surface area contributed by atoms with E-state index in [-0.39, 0.29) is 30.1 Å². The van der Waals surface area contributed by atoms with E-state index in [1.165, 1.54) is 24.3 Å². The third-order valence-electron chi connectivity index (χ3n) is 4.60. The Balaban J connectivity index is 1.39. The highest BCUT2D eigenvalue weighted by Gasteiger charge is 2.19. The second kappa shape index (κ2) is 8.32. The highest BCUT2D eigenvalue weighted by Crippen LogP contribution is 2.31. The van der Waals surface area contributed by atoms with E-state index in [9.17, 15) is 9.18 Å². The van der Waals surface area contributed by atoms with Gasteiger partial charge in [-0.3, -0.25) is 4.79 Å². The van der Waals surface area contributed by atoms with Gasteiger partial charge in [-0.2, -0.15) is 0 Å². The SMILES string of the molecule is COc1cccc2cc(C(C)NC(=O)c3ccc(COc4ccc(F)cc4)o3)oc12. The summed E-state index contributed by atoms with van der Waals surface area (Å²) in [5.41, 5.74) is 0.634. The molecule has 0 fully saturated rings. The van der Waals surface area contributed by atoms with E-state index in [1.54, 1.807) is 19.2 Å². The number of fused-ring (bicyclic) bond motifs is 1. The molecule has 1 atom stereocenters. The van der Waals surface area contributed by atoms with Crippen LogP contribution in [0.3, 0.4) is 0 Å². The molecule has 0 bridgehead atoms. The lowest BCUT2D eigenvalue weighted by molar-refractivity contribution is 0.0903. The van der Waals surface area contributed by atoms with Crippen LogP contribution in [0, 0.1) is 5.82 Å². The van der Waals surface area contributed by atoms with Crippen LogP contribution >= 0.6 is 0 Å². The lowest BCUT2D eigenvalue weighted by Crippen LogP contribution is -2.25. The normalized spacial score (nSPS) is 12.0. The maximum atomic E-state index is 12.9. The number of hydrogen-bond donors (Lipinski definition) is 1. The molecule has 1 unspecified atom stereocenters. The number of rotatable bonds is 7. The summed E-state index contributed by atoms with van der Waals surface area (Å²) in [6, 6.07) is 16.0. The Morgan fingerprint density at radius 2 is 1.90 bits per heavy atom. The van der Waals surface area contributed by atoms with Gasteiger partial charge in [0, 0.05) is 5.39 Å². The van der Waals surface area contributed by atoms with E-state index < -0.39 is 0 Å². The van der Waals surface area contributed by atoms with Gasteiger partial charge in [-0.25, -0.2) is 4.39 Å². The molecule has 7 heteroatoms. The molecule has 0 spiro atoms. The van der Waals surface area contributed by atoms with Gasteiger partial charge in [0.15, 0.2) is 17.1 Å². The summed E-state index contributed by atoms with van der Waals surface area (Å²) in [6.45, 7) is 1.95. The molecule has 6 nitrogen and oxygen atoms in total. The van der Waals surface area contributed by atoms with Gasteiger partial charge < -0.3 is 23.6 Å². The molecule has 30 heavy (non-hydrogen) atoms. The number of nitrogens with one attached hydrogen (secondary N) is 1. The van der Waals surface area contributed by atoms with Gasteiger partial charge in [0.1, 0.15) is 29.7 Å². The number of carbonyl (C=O) groups is 1. The summed E-state index contributed by atoms with van der Waals surface area (Å²) in [7, 11) is 1.58. The number of furan rings is 2. The van der Waals surface area contributed by atoms with Crippen molar-refractivity contribution in [3.05, 3.63) is 83.8 Å². The van der Waals surface area contributed by atoms with E-state index in [4.69, 9.17) is 18.3 Å². The topological polar surface area (TPSA) is 73.8 Å². The highest BCUT2D eigenvalue weighted by molar-refractivity contribution is 5.92. The van der Waals surface area contributed by atoms with Crippen molar-refractivity contribution in [1.82, 2.24) is 5.32 Å². The van der Waals surface area contributed by atoms with E-state index in [0.717, 1.165) is 5.39 Å².